The number of rotatable bonds is 4. The molecular weight excluding hydrogens is 278 g/mol. The van der Waals surface area contributed by atoms with Crippen molar-refractivity contribution < 1.29 is 13.2 Å². The molecule has 106 valence electrons. The minimum atomic E-state index is -3.80. The van der Waals surface area contributed by atoms with Gasteiger partial charge in [-0.05, 0) is 43.2 Å². The Kier molecular flexibility index (Phi) is 3.91. The summed E-state index contributed by atoms with van der Waals surface area (Å²) < 4.78 is 24.3. The lowest BCUT2D eigenvalue weighted by molar-refractivity contribution is 0.0940. The van der Waals surface area contributed by atoms with Crippen molar-refractivity contribution in [3.05, 3.63) is 53.3 Å². The first-order chi connectivity index (χ1) is 9.40. The van der Waals surface area contributed by atoms with Gasteiger partial charge in [0.15, 0.2) is 0 Å². The molecule has 0 bridgehead atoms. The molecule has 6 nitrogen and oxygen atoms in total. The van der Waals surface area contributed by atoms with Gasteiger partial charge in [-0.3, -0.25) is 10.2 Å². The molecule has 0 atom stereocenters. The summed E-state index contributed by atoms with van der Waals surface area (Å²) in [7, 11) is -3.80. The van der Waals surface area contributed by atoms with Gasteiger partial charge in [0.1, 0.15) is 5.69 Å². The van der Waals surface area contributed by atoms with Crippen LogP contribution in [0.2, 0.25) is 0 Å². The summed E-state index contributed by atoms with van der Waals surface area (Å²) in [4.78, 5) is 16.6. The van der Waals surface area contributed by atoms with E-state index in [9.17, 15) is 13.2 Å². The molecule has 7 heteroatoms. The van der Waals surface area contributed by atoms with Crippen LogP contribution in [0.4, 0.5) is 0 Å². The fraction of sp³-hybridized carbons (Fsp3) is 0.154. The van der Waals surface area contributed by atoms with Crippen molar-refractivity contribution in [3.8, 4) is 0 Å². The highest BCUT2D eigenvalue weighted by Gasteiger charge is 2.18. The van der Waals surface area contributed by atoms with Crippen LogP contribution in [0, 0.1) is 13.8 Å². The first-order valence-electron chi connectivity index (χ1n) is 5.93. The Morgan fingerprint density at radius 3 is 2.60 bits per heavy atom. The first-order valence-corrected chi connectivity index (χ1v) is 7.41. The first kappa shape index (κ1) is 14.3. The third kappa shape index (κ3) is 3.06. The van der Waals surface area contributed by atoms with E-state index in [0.717, 1.165) is 5.56 Å². The second-order valence-corrected chi connectivity index (χ2v) is 6.06. The normalized spacial score (nSPS) is 11.3. The Balaban J connectivity index is 2.16. The molecule has 0 saturated heterocycles. The quantitative estimate of drug-likeness (QED) is 0.741. The van der Waals surface area contributed by atoms with E-state index < -0.39 is 15.9 Å². The maximum atomic E-state index is 12.1. The third-order valence-electron chi connectivity index (χ3n) is 2.77. The van der Waals surface area contributed by atoms with Crippen LogP contribution in [0.25, 0.3) is 0 Å². The second kappa shape index (κ2) is 5.48. The van der Waals surface area contributed by atoms with Gasteiger partial charge in [0.2, 0.25) is 0 Å². The highest BCUT2D eigenvalue weighted by atomic mass is 32.2. The van der Waals surface area contributed by atoms with E-state index in [-0.39, 0.29) is 10.6 Å². The molecule has 0 unspecified atom stereocenters. The summed E-state index contributed by atoms with van der Waals surface area (Å²) in [6, 6.07) is 8.29. The molecule has 3 N–H and O–H groups in total. The van der Waals surface area contributed by atoms with E-state index in [2.05, 4.69) is 15.2 Å². The number of H-pyrrole nitrogens is 1. The molecule has 0 fully saturated rings. The van der Waals surface area contributed by atoms with Crippen molar-refractivity contribution in [2.75, 3.05) is 0 Å². The molecule has 0 saturated carbocycles. The number of hydrogen-bond acceptors (Lipinski definition) is 3. The zero-order valence-electron chi connectivity index (χ0n) is 11.1. The van der Waals surface area contributed by atoms with E-state index in [0.29, 0.717) is 5.56 Å². The Labute approximate surface area is 117 Å². The second-order valence-electron chi connectivity index (χ2n) is 4.41. The van der Waals surface area contributed by atoms with E-state index in [1.807, 2.05) is 6.07 Å². The molecular formula is C13H15N3O3S. The average molecular weight is 293 g/mol. The Morgan fingerprint density at radius 2 is 1.95 bits per heavy atom. The number of benzene rings is 1. The Bertz CT molecular complexity index is 721. The van der Waals surface area contributed by atoms with Crippen molar-refractivity contribution in [1.82, 2.24) is 15.2 Å². The van der Waals surface area contributed by atoms with Gasteiger partial charge in [0.05, 0.1) is 4.90 Å². The highest BCUT2D eigenvalue weighted by molar-refractivity contribution is 7.89. The zero-order chi connectivity index (χ0) is 14.8. The topological polar surface area (TPSA) is 91.1 Å². The molecule has 1 aromatic heterocycles. The molecule has 2 rings (SSSR count). The lowest BCUT2D eigenvalue weighted by Gasteiger charge is -2.10. The van der Waals surface area contributed by atoms with E-state index in [1.54, 1.807) is 44.3 Å². The van der Waals surface area contributed by atoms with Crippen molar-refractivity contribution in [2.24, 2.45) is 0 Å². The molecule has 0 aliphatic carbocycles. The molecule has 1 amide bonds. The standard InChI is InChI=1S/C13H15N3O3S/c1-9-5-6-10(2)12(8-9)20(18,19)16-15-13(17)11-4-3-7-14-11/h3-8,14,16H,1-2H3,(H,15,17). The van der Waals surface area contributed by atoms with Crippen molar-refractivity contribution in [2.45, 2.75) is 18.7 Å². The van der Waals surface area contributed by atoms with E-state index >= 15 is 0 Å². The van der Waals surface area contributed by atoms with Gasteiger partial charge in [-0.15, -0.1) is 4.83 Å². The number of aromatic nitrogens is 1. The third-order valence-corrected chi connectivity index (χ3v) is 4.16. The summed E-state index contributed by atoms with van der Waals surface area (Å²) in [6.07, 6.45) is 1.58. The minimum Gasteiger partial charge on any atom is -0.357 e. The van der Waals surface area contributed by atoms with Crippen LogP contribution in [-0.4, -0.2) is 19.3 Å². The summed E-state index contributed by atoms with van der Waals surface area (Å²) >= 11 is 0. The number of aromatic amines is 1. The summed E-state index contributed by atoms with van der Waals surface area (Å²) in [6.45, 7) is 3.50. The van der Waals surface area contributed by atoms with Gasteiger partial charge in [0, 0.05) is 6.20 Å². The minimum absolute atomic E-state index is 0.143. The molecule has 20 heavy (non-hydrogen) atoms. The van der Waals surface area contributed by atoms with Crippen molar-refractivity contribution in [3.63, 3.8) is 0 Å². The molecule has 0 aliphatic heterocycles. The van der Waals surface area contributed by atoms with Crippen LogP contribution in [-0.2, 0) is 10.0 Å². The van der Waals surface area contributed by atoms with Crippen molar-refractivity contribution in [1.29, 1.82) is 0 Å². The zero-order valence-corrected chi connectivity index (χ0v) is 11.9. The van der Waals surface area contributed by atoms with Gasteiger partial charge < -0.3 is 4.98 Å². The molecule has 0 aliphatic rings. The summed E-state index contributed by atoms with van der Waals surface area (Å²) in [5.41, 5.74) is 3.87. The van der Waals surface area contributed by atoms with Gasteiger partial charge in [0.25, 0.3) is 15.9 Å². The maximum Gasteiger partial charge on any atom is 0.282 e. The van der Waals surface area contributed by atoms with Crippen LogP contribution >= 0.6 is 0 Å². The number of carbonyl (C=O) groups excluding carboxylic acids is 1. The predicted molar refractivity (Wildman–Crippen MR) is 74.5 cm³/mol. The number of sulfonamides is 1. The van der Waals surface area contributed by atoms with Crippen molar-refractivity contribution >= 4 is 15.9 Å². The summed E-state index contributed by atoms with van der Waals surface area (Å²) in [5.74, 6) is -0.552. The molecule has 1 heterocycles. The van der Waals surface area contributed by atoms with E-state index in [1.165, 1.54) is 0 Å². The molecule has 0 spiro atoms. The van der Waals surface area contributed by atoms with Crippen LogP contribution in [0.3, 0.4) is 0 Å². The lowest BCUT2D eigenvalue weighted by Crippen LogP contribution is -2.41. The smallest absolute Gasteiger partial charge is 0.282 e. The van der Waals surface area contributed by atoms with Gasteiger partial charge >= 0.3 is 0 Å². The van der Waals surface area contributed by atoms with Gasteiger partial charge in [-0.25, -0.2) is 8.42 Å². The monoisotopic (exact) mass is 293 g/mol. The average Bonchev–Trinajstić information content (AvgIpc) is 2.93. The molecule has 1 aromatic carbocycles. The van der Waals surface area contributed by atoms with Crippen LogP contribution in [0.15, 0.2) is 41.4 Å². The van der Waals surface area contributed by atoms with Crippen LogP contribution < -0.4 is 10.3 Å². The number of carbonyl (C=O) groups is 1. The number of hydrazine groups is 1. The van der Waals surface area contributed by atoms with Crippen LogP contribution in [0.5, 0.6) is 0 Å². The molecule has 0 radical (unpaired) electrons. The number of nitrogens with one attached hydrogen (secondary N) is 3. The highest BCUT2D eigenvalue weighted by Crippen LogP contribution is 2.15. The number of hydrogen-bond donors (Lipinski definition) is 3. The number of aryl methyl sites for hydroxylation is 2. The Morgan fingerprint density at radius 1 is 1.20 bits per heavy atom. The van der Waals surface area contributed by atoms with Gasteiger partial charge in [-0.2, -0.15) is 0 Å². The molecule has 2 aromatic rings. The van der Waals surface area contributed by atoms with Crippen LogP contribution in [0.1, 0.15) is 21.6 Å². The largest absolute Gasteiger partial charge is 0.357 e. The Hall–Kier alpha value is -2.12. The van der Waals surface area contributed by atoms with Gasteiger partial charge in [-0.1, -0.05) is 12.1 Å². The van der Waals surface area contributed by atoms with E-state index in [4.69, 9.17) is 0 Å². The summed E-state index contributed by atoms with van der Waals surface area (Å²) in [5, 5.41) is 0. The fourth-order valence-electron chi connectivity index (χ4n) is 1.70. The SMILES string of the molecule is Cc1ccc(C)c(S(=O)(=O)NNC(=O)c2ccc[nH]2)c1. The number of amides is 1. The maximum absolute atomic E-state index is 12.1. The lowest BCUT2D eigenvalue weighted by atomic mass is 10.2. The fourth-order valence-corrected chi connectivity index (χ4v) is 2.87. The predicted octanol–water partition coefficient (Wildman–Crippen LogP) is 1.25.